The molecule has 15 heavy (non-hydrogen) atoms. The lowest BCUT2D eigenvalue weighted by Gasteiger charge is -2.10. The Hall–Kier alpha value is -0.260. The number of anilines is 1. The molecule has 3 nitrogen and oxygen atoms in total. The molecular weight excluding hydrogens is 276 g/mol. The van der Waals surface area contributed by atoms with Crippen LogP contribution < -0.4 is 5.73 Å². The van der Waals surface area contributed by atoms with E-state index >= 15 is 0 Å². The molecule has 0 saturated carbocycles. The van der Waals surface area contributed by atoms with Gasteiger partial charge in [0.2, 0.25) is 0 Å². The molecule has 0 saturated heterocycles. The van der Waals surface area contributed by atoms with Crippen molar-refractivity contribution in [3.8, 4) is 0 Å². The molecule has 0 aliphatic rings. The molecule has 0 amide bonds. The molecule has 0 aromatic carbocycles. The van der Waals surface area contributed by atoms with Crippen molar-refractivity contribution in [2.24, 2.45) is 5.92 Å². The third kappa shape index (κ3) is 3.36. The zero-order valence-corrected chi connectivity index (χ0v) is 11.2. The van der Waals surface area contributed by atoms with Crippen molar-refractivity contribution < 1.29 is 5.11 Å². The maximum absolute atomic E-state index is 8.92. The van der Waals surface area contributed by atoms with Gasteiger partial charge in [-0.1, -0.05) is 6.92 Å². The predicted octanol–water partition coefficient (Wildman–Crippen LogP) is 2.46. The fourth-order valence-corrected chi connectivity index (χ4v) is 2.57. The van der Waals surface area contributed by atoms with Gasteiger partial charge in [0.05, 0.1) is 16.4 Å². The van der Waals surface area contributed by atoms with Crippen LogP contribution in [0.3, 0.4) is 0 Å². The number of thioether (sulfide) groups is 1. The normalized spacial score (nSPS) is 12.8. The molecule has 1 heterocycles. The summed E-state index contributed by atoms with van der Waals surface area (Å²) in [5.41, 5.74) is 7.44. The fourth-order valence-electron chi connectivity index (χ4n) is 0.943. The minimum absolute atomic E-state index is 0.207. The molecule has 1 atom stereocenters. The highest BCUT2D eigenvalue weighted by Crippen LogP contribution is 2.31. The van der Waals surface area contributed by atoms with E-state index in [9.17, 15) is 0 Å². The number of nitrogens with two attached hydrogens (primary N) is 1. The number of hydrogen-bond donors (Lipinski definition) is 2. The molecule has 0 aliphatic heterocycles. The van der Waals surface area contributed by atoms with Crippen molar-refractivity contribution in [2.45, 2.75) is 18.9 Å². The van der Waals surface area contributed by atoms with Gasteiger partial charge in [0.15, 0.2) is 0 Å². The van der Waals surface area contributed by atoms with Crippen LogP contribution in [0.1, 0.15) is 12.5 Å². The van der Waals surface area contributed by atoms with Gasteiger partial charge in [0, 0.05) is 12.4 Å². The number of pyridine rings is 1. The third-order valence-electron chi connectivity index (χ3n) is 2.09. The lowest BCUT2D eigenvalue weighted by molar-refractivity contribution is 0.250. The molecule has 1 unspecified atom stereocenters. The maximum atomic E-state index is 8.92. The summed E-state index contributed by atoms with van der Waals surface area (Å²) in [5.74, 6) is 1.13. The molecule has 0 fully saturated rings. The number of nitrogen functional groups attached to an aromatic ring is 1. The zero-order valence-electron chi connectivity index (χ0n) is 8.83. The van der Waals surface area contributed by atoms with Gasteiger partial charge in [-0.25, -0.2) is 4.98 Å². The van der Waals surface area contributed by atoms with Crippen LogP contribution in [-0.2, 0) is 0 Å². The number of aliphatic hydroxyl groups is 1. The van der Waals surface area contributed by atoms with E-state index in [2.05, 4.69) is 20.9 Å². The van der Waals surface area contributed by atoms with Gasteiger partial charge in [-0.15, -0.1) is 11.8 Å². The molecule has 0 aliphatic carbocycles. The lowest BCUT2D eigenvalue weighted by Crippen LogP contribution is -2.04. The molecule has 1 aromatic rings. The summed E-state index contributed by atoms with van der Waals surface area (Å²) in [6.07, 6.45) is 1.67. The summed E-state index contributed by atoms with van der Waals surface area (Å²) in [5, 5.41) is 9.85. The zero-order chi connectivity index (χ0) is 11.4. The van der Waals surface area contributed by atoms with Gasteiger partial charge in [0.1, 0.15) is 5.03 Å². The molecule has 84 valence electrons. The van der Waals surface area contributed by atoms with E-state index in [1.165, 1.54) is 0 Å². The first-order valence-electron chi connectivity index (χ1n) is 4.70. The van der Waals surface area contributed by atoms with E-state index in [0.29, 0.717) is 5.69 Å². The van der Waals surface area contributed by atoms with Gasteiger partial charge < -0.3 is 10.8 Å². The molecule has 0 spiro atoms. The molecule has 5 heteroatoms. The van der Waals surface area contributed by atoms with Crippen LogP contribution >= 0.6 is 27.7 Å². The first kappa shape index (κ1) is 12.8. The highest BCUT2D eigenvalue weighted by molar-refractivity contribution is 9.10. The Labute approximate surface area is 103 Å². The summed E-state index contributed by atoms with van der Waals surface area (Å²) < 4.78 is 0.956. The van der Waals surface area contributed by atoms with Gasteiger partial charge in [-0.2, -0.15) is 0 Å². The van der Waals surface area contributed by atoms with Crippen LogP contribution in [0.25, 0.3) is 0 Å². The number of rotatable bonds is 4. The SMILES string of the molecule is Cc1c(N)cnc(SCC(C)CO)c1Br. The first-order chi connectivity index (χ1) is 7.06. The largest absolute Gasteiger partial charge is 0.397 e. The average Bonchev–Trinajstić information content (AvgIpc) is 2.24. The number of aromatic nitrogens is 1. The molecule has 3 N–H and O–H groups in total. The third-order valence-corrected chi connectivity index (χ3v) is 4.64. The van der Waals surface area contributed by atoms with E-state index in [-0.39, 0.29) is 12.5 Å². The number of aliphatic hydroxyl groups excluding tert-OH is 1. The van der Waals surface area contributed by atoms with Crippen molar-refractivity contribution in [3.05, 3.63) is 16.2 Å². The Bertz CT molecular complexity index is 346. The second kappa shape index (κ2) is 5.72. The van der Waals surface area contributed by atoms with Gasteiger partial charge in [-0.3, -0.25) is 0 Å². The second-order valence-electron chi connectivity index (χ2n) is 3.56. The Morgan fingerprint density at radius 1 is 1.67 bits per heavy atom. The highest BCUT2D eigenvalue weighted by Gasteiger charge is 2.09. The minimum Gasteiger partial charge on any atom is -0.397 e. The van der Waals surface area contributed by atoms with Crippen molar-refractivity contribution in [1.29, 1.82) is 0 Å². The smallest absolute Gasteiger partial charge is 0.111 e. The number of halogens is 1. The van der Waals surface area contributed by atoms with E-state index in [0.717, 1.165) is 20.8 Å². The van der Waals surface area contributed by atoms with Crippen molar-refractivity contribution in [1.82, 2.24) is 4.98 Å². The average molecular weight is 291 g/mol. The number of nitrogens with zero attached hydrogens (tertiary/aromatic N) is 1. The molecular formula is C10H15BrN2OS. The Balaban J connectivity index is 2.74. The topological polar surface area (TPSA) is 59.1 Å². The van der Waals surface area contributed by atoms with Crippen LogP contribution in [0.2, 0.25) is 0 Å². The summed E-state index contributed by atoms with van der Waals surface area (Å²) in [6, 6.07) is 0. The van der Waals surface area contributed by atoms with Crippen molar-refractivity contribution in [3.63, 3.8) is 0 Å². The van der Waals surface area contributed by atoms with Crippen molar-refractivity contribution >= 4 is 33.4 Å². The molecule has 0 radical (unpaired) electrons. The molecule has 1 rings (SSSR count). The molecule has 0 bridgehead atoms. The van der Waals surface area contributed by atoms with Crippen LogP contribution in [0, 0.1) is 12.8 Å². The maximum Gasteiger partial charge on any atom is 0.111 e. The van der Waals surface area contributed by atoms with Crippen LogP contribution in [-0.4, -0.2) is 22.5 Å². The minimum atomic E-state index is 0.207. The summed E-state index contributed by atoms with van der Waals surface area (Å²) in [4.78, 5) is 4.25. The van der Waals surface area contributed by atoms with Crippen molar-refractivity contribution in [2.75, 3.05) is 18.1 Å². The number of hydrogen-bond acceptors (Lipinski definition) is 4. The Morgan fingerprint density at radius 3 is 2.93 bits per heavy atom. The standard InChI is InChI=1S/C10H15BrN2OS/c1-6(4-14)5-15-10-9(11)7(2)8(12)3-13-10/h3,6,14H,4-5,12H2,1-2H3. The summed E-state index contributed by atoms with van der Waals surface area (Å²) in [6.45, 7) is 4.17. The van der Waals surface area contributed by atoms with E-state index in [1.54, 1.807) is 18.0 Å². The second-order valence-corrected chi connectivity index (χ2v) is 5.36. The van der Waals surface area contributed by atoms with Crippen LogP contribution in [0.4, 0.5) is 5.69 Å². The van der Waals surface area contributed by atoms with E-state index in [4.69, 9.17) is 10.8 Å². The van der Waals surface area contributed by atoms with E-state index < -0.39 is 0 Å². The van der Waals surface area contributed by atoms with Gasteiger partial charge >= 0.3 is 0 Å². The van der Waals surface area contributed by atoms with Gasteiger partial charge in [-0.05, 0) is 34.3 Å². The fraction of sp³-hybridized carbons (Fsp3) is 0.500. The van der Waals surface area contributed by atoms with Crippen LogP contribution in [0.5, 0.6) is 0 Å². The Kier molecular flexibility index (Phi) is 4.89. The predicted molar refractivity (Wildman–Crippen MR) is 68.1 cm³/mol. The van der Waals surface area contributed by atoms with E-state index in [1.807, 2.05) is 13.8 Å². The van der Waals surface area contributed by atoms with Crippen LogP contribution in [0.15, 0.2) is 15.7 Å². The highest BCUT2D eigenvalue weighted by atomic mass is 79.9. The quantitative estimate of drug-likeness (QED) is 0.837. The lowest BCUT2D eigenvalue weighted by atomic mass is 10.2. The summed E-state index contributed by atoms with van der Waals surface area (Å²) in [7, 11) is 0. The Morgan fingerprint density at radius 2 is 2.33 bits per heavy atom. The summed E-state index contributed by atoms with van der Waals surface area (Å²) >= 11 is 5.11. The first-order valence-corrected chi connectivity index (χ1v) is 6.48. The van der Waals surface area contributed by atoms with Gasteiger partial charge in [0.25, 0.3) is 0 Å². The monoisotopic (exact) mass is 290 g/mol. The molecule has 1 aromatic heterocycles.